The Labute approximate surface area is 159 Å². The molecule has 0 spiro atoms. The summed E-state index contributed by atoms with van der Waals surface area (Å²) in [6, 6.07) is 3.41. The van der Waals surface area contributed by atoms with Crippen LogP contribution in [0, 0.1) is 11.3 Å². The summed E-state index contributed by atoms with van der Waals surface area (Å²) >= 11 is 0. The maximum atomic E-state index is 13.7. The van der Waals surface area contributed by atoms with Gasteiger partial charge in [0.15, 0.2) is 5.41 Å². The molecule has 1 fully saturated rings. The van der Waals surface area contributed by atoms with Gasteiger partial charge < -0.3 is 4.74 Å². The molecule has 1 aliphatic rings. The fourth-order valence-corrected chi connectivity index (χ4v) is 3.62. The molecule has 0 aromatic heterocycles. The lowest BCUT2D eigenvalue weighted by Gasteiger charge is -2.37. The van der Waals surface area contributed by atoms with Crippen LogP contribution in [0.25, 0.3) is 0 Å². The lowest BCUT2D eigenvalue weighted by Crippen LogP contribution is -2.59. The largest absolute Gasteiger partial charge is 0.466 e. The number of hydrogen-bond donors (Lipinski definition) is 0. The lowest BCUT2D eigenvalue weighted by atomic mass is 9.73. The van der Waals surface area contributed by atoms with E-state index in [1.54, 1.807) is 0 Å². The molecule has 0 amide bonds. The highest BCUT2D eigenvalue weighted by atomic mass is 19.4. The second kappa shape index (κ2) is 7.69. The smallest absolute Gasteiger partial charge is 0.405 e. The summed E-state index contributed by atoms with van der Waals surface area (Å²) < 4.78 is 128. The second-order valence-corrected chi connectivity index (χ2v) is 6.57. The van der Waals surface area contributed by atoms with Crippen LogP contribution in [0.15, 0.2) is 30.3 Å². The number of nitrogens with zero attached hydrogens (tertiary/aromatic N) is 1. The minimum atomic E-state index is -6.18. The molecule has 0 unspecified atom stereocenters. The fourth-order valence-electron chi connectivity index (χ4n) is 3.62. The van der Waals surface area contributed by atoms with Crippen LogP contribution in [0.1, 0.15) is 12.5 Å². The van der Waals surface area contributed by atoms with Gasteiger partial charge in [0.05, 0.1) is 6.61 Å². The number of benzene rings is 1. The molecule has 29 heavy (non-hydrogen) atoms. The van der Waals surface area contributed by atoms with Gasteiger partial charge in [0.1, 0.15) is 12.0 Å². The topological polar surface area (TPSA) is 29.5 Å². The number of carbonyl (C=O) groups excluding carboxylic acids is 1. The number of halogens is 9. The van der Waals surface area contributed by atoms with Gasteiger partial charge in [0.2, 0.25) is 0 Å². The van der Waals surface area contributed by atoms with E-state index >= 15 is 0 Å². The SMILES string of the molecule is CCOC(=O)[C@H]1[C@@H](C(F)(F)F)N(Cc2ccccc2)CC1(C(F)(F)F)C(F)(F)F. The molecule has 0 aliphatic carbocycles. The number of ether oxygens (including phenoxy) is 1. The molecule has 3 nitrogen and oxygen atoms in total. The van der Waals surface area contributed by atoms with Crippen molar-refractivity contribution in [2.75, 3.05) is 13.2 Å². The molecule has 12 heteroatoms. The number of hydrogen-bond acceptors (Lipinski definition) is 3. The van der Waals surface area contributed by atoms with Crippen LogP contribution in [-0.4, -0.2) is 48.6 Å². The van der Waals surface area contributed by atoms with Crippen LogP contribution in [0.5, 0.6) is 0 Å². The summed E-state index contributed by atoms with van der Waals surface area (Å²) in [6.45, 7) is -2.55. The van der Waals surface area contributed by atoms with Crippen molar-refractivity contribution >= 4 is 5.97 Å². The van der Waals surface area contributed by atoms with Crippen molar-refractivity contribution in [3.05, 3.63) is 35.9 Å². The third-order valence-electron chi connectivity index (χ3n) is 4.81. The molecule has 1 saturated heterocycles. The van der Waals surface area contributed by atoms with E-state index < -0.39 is 61.6 Å². The average Bonchev–Trinajstić information content (AvgIpc) is 2.92. The van der Waals surface area contributed by atoms with Crippen LogP contribution in [-0.2, 0) is 16.1 Å². The summed E-state index contributed by atoms with van der Waals surface area (Å²) in [7, 11) is 0. The third kappa shape index (κ3) is 4.17. The highest BCUT2D eigenvalue weighted by Crippen LogP contribution is 2.62. The zero-order valence-corrected chi connectivity index (χ0v) is 14.8. The van der Waals surface area contributed by atoms with Gasteiger partial charge in [-0.25, -0.2) is 0 Å². The van der Waals surface area contributed by atoms with Crippen LogP contribution < -0.4 is 0 Å². The van der Waals surface area contributed by atoms with Gasteiger partial charge in [-0.1, -0.05) is 30.3 Å². The molecule has 0 bridgehead atoms. The van der Waals surface area contributed by atoms with E-state index in [1.807, 2.05) is 0 Å². The van der Waals surface area contributed by atoms with Gasteiger partial charge in [-0.2, -0.15) is 39.5 Å². The van der Waals surface area contributed by atoms with Gasteiger partial charge in [-0.05, 0) is 12.5 Å². The van der Waals surface area contributed by atoms with E-state index in [0.29, 0.717) is 0 Å². The normalized spacial score (nSPS) is 23.2. The van der Waals surface area contributed by atoms with Gasteiger partial charge in [0.25, 0.3) is 0 Å². The molecule has 2 rings (SSSR count). The Hall–Kier alpha value is -1.98. The first-order valence-electron chi connectivity index (χ1n) is 8.31. The Balaban J connectivity index is 2.70. The van der Waals surface area contributed by atoms with Crippen molar-refractivity contribution in [3.63, 3.8) is 0 Å². The molecule has 0 radical (unpaired) electrons. The average molecular weight is 437 g/mol. The number of likely N-dealkylation sites (tertiary alicyclic amines) is 1. The third-order valence-corrected chi connectivity index (χ3v) is 4.81. The van der Waals surface area contributed by atoms with E-state index in [0.717, 1.165) is 6.92 Å². The Kier molecular flexibility index (Phi) is 6.18. The van der Waals surface area contributed by atoms with Crippen molar-refractivity contribution < 1.29 is 49.0 Å². The van der Waals surface area contributed by atoms with Crippen molar-refractivity contribution in [1.82, 2.24) is 4.90 Å². The maximum Gasteiger partial charge on any atom is 0.405 e. The molecule has 1 aliphatic heterocycles. The Morgan fingerprint density at radius 2 is 1.55 bits per heavy atom. The highest BCUT2D eigenvalue weighted by molar-refractivity contribution is 5.75. The number of esters is 1. The standard InChI is InChI=1S/C17H16F9NO2/c1-2-29-13(28)11-12(15(18,19)20)27(8-10-6-4-3-5-7-10)9-14(11,16(21,22)23)17(24,25)26/h3-7,11-12H,2,8-9H2,1H3/t11-,12+/m1/s1. The van der Waals surface area contributed by atoms with E-state index in [2.05, 4.69) is 4.74 Å². The van der Waals surface area contributed by atoms with Crippen molar-refractivity contribution in [2.24, 2.45) is 11.3 Å². The molecular weight excluding hydrogens is 421 g/mol. The Morgan fingerprint density at radius 1 is 1.03 bits per heavy atom. The zero-order valence-electron chi connectivity index (χ0n) is 14.8. The number of rotatable bonds is 4. The fraction of sp³-hybridized carbons (Fsp3) is 0.588. The van der Waals surface area contributed by atoms with E-state index in [9.17, 15) is 44.3 Å². The summed E-state index contributed by atoms with van der Waals surface area (Å²) in [5.41, 5.74) is -4.87. The first-order chi connectivity index (χ1) is 13.2. The van der Waals surface area contributed by atoms with E-state index in [4.69, 9.17) is 0 Å². The second-order valence-electron chi connectivity index (χ2n) is 6.57. The van der Waals surface area contributed by atoms with Gasteiger partial charge >= 0.3 is 24.5 Å². The van der Waals surface area contributed by atoms with Gasteiger partial charge in [-0.3, -0.25) is 9.69 Å². The molecule has 2 atom stereocenters. The first-order valence-corrected chi connectivity index (χ1v) is 8.31. The Bertz CT molecular complexity index is 698. The van der Waals surface area contributed by atoms with E-state index in [1.165, 1.54) is 30.3 Å². The van der Waals surface area contributed by atoms with Crippen LogP contribution in [0.3, 0.4) is 0 Å². The predicted molar refractivity (Wildman–Crippen MR) is 81.4 cm³/mol. The minimum absolute atomic E-state index is 0.00208. The summed E-state index contributed by atoms with van der Waals surface area (Å²) in [5, 5.41) is 0. The Morgan fingerprint density at radius 3 is 1.97 bits per heavy atom. The molecular formula is C17H16F9NO2. The molecule has 164 valence electrons. The highest BCUT2D eigenvalue weighted by Gasteiger charge is 2.83. The predicted octanol–water partition coefficient (Wildman–Crippen LogP) is 4.72. The molecule has 1 heterocycles. The molecule has 0 N–H and O–H groups in total. The first kappa shape index (κ1) is 23.3. The van der Waals surface area contributed by atoms with Crippen molar-refractivity contribution in [1.29, 1.82) is 0 Å². The monoisotopic (exact) mass is 437 g/mol. The van der Waals surface area contributed by atoms with Crippen LogP contribution in [0.2, 0.25) is 0 Å². The van der Waals surface area contributed by atoms with Crippen LogP contribution >= 0.6 is 0 Å². The molecule has 1 aromatic carbocycles. The summed E-state index contributed by atoms with van der Waals surface area (Å²) in [6.07, 6.45) is -17.9. The van der Waals surface area contributed by atoms with Gasteiger partial charge in [0, 0.05) is 13.1 Å². The van der Waals surface area contributed by atoms with Crippen molar-refractivity contribution in [3.8, 4) is 0 Å². The number of alkyl halides is 9. The summed E-state index contributed by atoms with van der Waals surface area (Å²) in [5.74, 6) is -5.74. The van der Waals surface area contributed by atoms with Crippen LogP contribution in [0.4, 0.5) is 39.5 Å². The van der Waals surface area contributed by atoms with Gasteiger partial charge in [-0.15, -0.1) is 0 Å². The quantitative estimate of drug-likeness (QED) is 0.504. The number of carbonyl (C=O) groups is 1. The molecule has 0 saturated carbocycles. The van der Waals surface area contributed by atoms with E-state index in [-0.39, 0.29) is 10.5 Å². The minimum Gasteiger partial charge on any atom is -0.466 e. The van der Waals surface area contributed by atoms with Crippen molar-refractivity contribution in [2.45, 2.75) is 38.0 Å². The molecule has 1 aromatic rings. The summed E-state index contributed by atoms with van der Waals surface area (Å²) in [4.78, 5) is 12.1. The lowest BCUT2D eigenvalue weighted by molar-refractivity contribution is -0.349. The zero-order chi connectivity index (χ0) is 22.3. The maximum absolute atomic E-state index is 13.7.